The number of benzene rings is 4. The van der Waals surface area contributed by atoms with E-state index in [9.17, 15) is 0 Å². The van der Waals surface area contributed by atoms with Gasteiger partial charge in [-0.15, -0.1) is 11.3 Å². The maximum absolute atomic E-state index is 6.07. The molecule has 1 heterocycles. The van der Waals surface area contributed by atoms with Gasteiger partial charge in [0, 0.05) is 17.8 Å². The Kier molecular flexibility index (Phi) is 7.19. The van der Waals surface area contributed by atoms with E-state index in [1.54, 1.807) is 11.3 Å². The zero-order valence-electron chi connectivity index (χ0n) is 20.9. The van der Waals surface area contributed by atoms with Crippen LogP contribution < -0.4 is 14.8 Å². The lowest BCUT2D eigenvalue weighted by Gasteiger charge is -2.14. The number of rotatable bonds is 9. The molecule has 0 spiro atoms. The van der Waals surface area contributed by atoms with E-state index in [0.717, 1.165) is 44.4 Å². The highest BCUT2D eigenvalue weighted by atomic mass is 32.1. The third kappa shape index (κ3) is 5.69. The van der Waals surface area contributed by atoms with Gasteiger partial charge in [-0.1, -0.05) is 42.0 Å². The fourth-order valence-electron chi connectivity index (χ4n) is 3.99. The smallest absolute Gasteiger partial charge is 0.161 e. The molecule has 36 heavy (non-hydrogen) atoms. The third-order valence-corrected chi connectivity index (χ3v) is 7.06. The Hall–Kier alpha value is -3.83. The van der Waals surface area contributed by atoms with Gasteiger partial charge in [-0.25, -0.2) is 4.98 Å². The van der Waals surface area contributed by atoms with Gasteiger partial charge in [0.25, 0.3) is 0 Å². The zero-order valence-corrected chi connectivity index (χ0v) is 21.7. The van der Waals surface area contributed by atoms with Crippen LogP contribution in [0, 0.1) is 13.8 Å². The van der Waals surface area contributed by atoms with Gasteiger partial charge in [0.2, 0.25) is 0 Å². The lowest BCUT2D eigenvalue weighted by Crippen LogP contribution is -2.03. The summed E-state index contributed by atoms with van der Waals surface area (Å²) >= 11 is 1.73. The third-order valence-electron chi connectivity index (χ3n) is 6.00. The molecule has 0 aliphatic heterocycles. The minimum atomic E-state index is 0.512. The van der Waals surface area contributed by atoms with Crippen LogP contribution in [0.5, 0.6) is 11.5 Å². The van der Waals surface area contributed by atoms with Crippen molar-refractivity contribution in [3.63, 3.8) is 0 Å². The fraction of sp³-hybridized carbons (Fsp3) is 0.194. The van der Waals surface area contributed by atoms with Gasteiger partial charge in [-0.3, -0.25) is 0 Å². The normalized spacial score (nSPS) is 11.0. The highest BCUT2D eigenvalue weighted by molar-refractivity contribution is 7.21. The summed E-state index contributed by atoms with van der Waals surface area (Å²) in [6, 6.07) is 29.4. The molecule has 0 amide bonds. The summed E-state index contributed by atoms with van der Waals surface area (Å²) in [5.41, 5.74) is 8.02. The number of aromatic nitrogens is 1. The molecule has 0 saturated heterocycles. The number of nitrogens with zero attached hydrogens (tertiary/aromatic N) is 1. The molecule has 5 aromatic rings. The summed E-state index contributed by atoms with van der Waals surface area (Å²) in [6.07, 6.45) is 0. The minimum absolute atomic E-state index is 0.512. The van der Waals surface area contributed by atoms with Crippen molar-refractivity contribution in [3.05, 3.63) is 107 Å². The molecule has 0 bridgehead atoms. The molecule has 5 heteroatoms. The number of fused-ring (bicyclic) bond motifs is 1. The molecule has 0 radical (unpaired) electrons. The average Bonchev–Trinajstić information content (AvgIpc) is 3.31. The van der Waals surface area contributed by atoms with E-state index < -0.39 is 0 Å². The summed E-state index contributed by atoms with van der Waals surface area (Å²) in [7, 11) is 0. The van der Waals surface area contributed by atoms with Gasteiger partial charge in [-0.2, -0.15) is 0 Å². The maximum Gasteiger partial charge on any atom is 0.161 e. The highest BCUT2D eigenvalue weighted by Crippen LogP contribution is 2.32. The van der Waals surface area contributed by atoms with Crippen LogP contribution in [0.15, 0.2) is 84.9 Å². The van der Waals surface area contributed by atoms with Crippen LogP contribution in [-0.2, 0) is 13.2 Å². The Morgan fingerprint density at radius 3 is 2.28 bits per heavy atom. The Morgan fingerprint density at radius 1 is 0.750 bits per heavy atom. The zero-order chi connectivity index (χ0) is 24.9. The molecule has 0 unspecified atom stereocenters. The summed E-state index contributed by atoms with van der Waals surface area (Å²) in [4.78, 5) is 4.79. The van der Waals surface area contributed by atoms with Crippen molar-refractivity contribution in [3.8, 4) is 22.1 Å². The highest BCUT2D eigenvalue weighted by Gasteiger charge is 2.09. The van der Waals surface area contributed by atoms with Crippen LogP contribution in [0.1, 0.15) is 29.2 Å². The lowest BCUT2D eigenvalue weighted by molar-refractivity contribution is 0.269. The van der Waals surface area contributed by atoms with E-state index in [2.05, 4.69) is 98.0 Å². The Balaban J connectivity index is 1.23. The molecule has 4 aromatic carbocycles. The molecule has 5 rings (SSSR count). The van der Waals surface area contributed by atoms with Gasteiger partial charge < -0.3 is 14.8 Å². The van der Waals surface area contributed by atoms with E-state index >= 15 is 0 Å². The summed E-state index contributed by atoms with van der Waals surface area (Å²) in [6.45, 7) is 7.98. The number of hydrogen-bond donors (Lipinski definition) is 1. The summed E-state index contributed by atoms with van der Waals surface area (Å²) in [5, 5.41) is 4.56. The van der Waals surface area contributed by atoms with Crippen LogP contribution in [0.25, 0.3) is 20.8 Å². The van der Waals surface area contributed by atoms with E-state index in [1.165, 1.54) is 15.8 Å². The molecular formula is C31H30N2O2S. The quantitative estimate of drug-likeness (QED) is 0.224. The Morgan fingerprint density at radius 2 is 1.50 bits per heavy atom. The van der Waals surface area contributed by atoms with Crippen LogP contribution in [0.2, 0.25) is 0 Å². The van der Waals surface area contributed by atoms with Gasteiger partial charge in [0.15, 0.2) is 11.5 Å². The first-order valence-electron chi connectivity index (χ1n) is 12.2. The maximum atomic E-state index is 6.07. The van der Waals surface area contributed by atoms with Crippen LogP contribution >= 0.6 is 11.3 Å². The van der Waals surface area contributed by atoms with Crippen LogP contribution in [0.3, 0.4) is 0 Å². The second kappa shape index (κ2) is 10.8. The minimum Gasteiger partial charge on any atom is -0.490 e. The number of aryl methyl sites for hydroxylation is 2. The van der Waals surface area contributed by atoms with Crippen LogP contribution in [-0.4, -0.2) is 11.6 Å². The van der Waals surface area contributed by atoms with Gasteiger partial charge in [0.1, 0.15) is 11.6 Å². The van der Waals surface area contributed by atoms with Gasteiger partial charge in [-0.05, 0) is 86.0 Å². The monoisotopic (exact) mass is 494 g/mol. The Labute approximate surface area is 216 Å². The van der Waals surface area contributed by atoms with Gasteiger partial charge >= 0.3 is 0 Å². The topological polar surface area (TPSA) is 43.4 Å². The molecule has 0 aliphatic rings. The predicted octanol–water partition coefficient (Wildman–Crippen LogP) is 8.17. The Bertz CT molecular complexity index is 1460. The molecule has 0 atom stereocenters. The summed E-state index contributed by atoms with van der Waals surface area (Å²) < 4.78 is 13.2. The van der Waals surface area contributed by atoms with Crippen molar-refractivity contribution in [1.29, 1.82) is 0 Å². The van der Waals surface area contributed by atoms with Crippen molar-refractivity contribution in [2.45, 2.75) is 33.9 Å². The van der Waals surface area contributed by atoms with E-state index in [1.807, 2.05) is 13.0 Å². The van der Waals surface area contributed by atoms with Crippen molar-refractivity contribution < 1.29 is 9.47 Å². The predicted molar refractivity (Wildman–Crippen MR) is 150 cm³/mol. The van der Waals surface area contributed by atoms with Crippen LogP contribution in [0.4, 0.5) is 5.69 Å². The molecule has 1 N–H and O–H groups in total. The number of anilines is 1. The number of thiazole rings is 1. The lowest BCUT2D eigenvalue weighted by atomic mass is 10.1. The van der Waals surface area contributed by atoms with E-state index in [4.69, 9.17) is 14.5 Å². The second-order valence-corrected chi connectivity index (χ2v) is 9.94. The van der Waals surface area contributed by atoms with E-state index in [0.29, 0.717) is 19.8 Å². The number of ether oxygens (including phenoxy) is 2. The molecular weight excluding hydrogens is 464 g/mol. The first kappa shape index (κ1) is 23.9. The standard InChI is InChI=1S/C31H30N2O2S/c1-4-34-29-18-24(10-16-28(29)35-20-23-8-5-21(2)6-9-23)19-32-26-13-11-25(12-14-26)31-33-27-15-7-22(3)17-30(27)36-31/h5-18,32H,4,19-20H2,1-3H3. The van der Waals surface area contributed by atoms with E-state index in [-0.39, 0.29) is 0 Å². The first-order valence-corrected chi connectivity index (χ1v) is 13.0. The van der Waals surface area contributed by atoms with Crippen molar-refractivity contribution in [1.82, 2.24) is 4.98 Å². The number of hydrogen-bond acceptors (Lipinski definition) is 5. The van der Waals surface area contributed by atoms with Crippen molar-refractivity contribution in [2.75, 3.05) is 11.9 Å². The van der Waals surface area contributed by atoms with Crippen molar-refractivity contribution in [2.24, 2.45) is 0 Å². The number of nitrogens with one attached hydrogen (secondary N) is 1. The first-order chi connectivity index (χ1) is 17.6. The van der Waals surface area contributed by atoms with Gasteiger partial charge in [0.05, 0.1) is 16.8 Å². The largest absolute Gasteiger partial charge is 0.490 e. The molecule has 1 aromatic heterocycles. The average molecular weight is 495 g/mol. The molecule has 0 aliphatic carbocycles. The SMILES string of the molecule is CCOc1cc(CNc2ccc(-c3nc4ccc(C)cc4s3)cc2)ccc1OCc1ccc(C)cc1. The molecule has 0 saturated carbocycles. The molecule has 4 nitrogen and oxygen atoms in total. The second-order valence-electron chi connectivity index (χ2n) is 8.91. The molecule has 182 valence electrons. The summed E-state index contributed by atoms with van der Waals surface area (Å²) in [5.74, 6) is 1.53. The van der Waals surface area contributed by atoms with Crippen molar-refractivity contribution >= 4 is 27.2 Å². The fourth-order valence-corrected chi connectivity index (χ4v) is 5.05. The molecule has 0 fully saturated rings.